The van der Waals surface area contributed by atoms with E-state index in [0.29, 0.717) is 12.0 Å². The van der Waals surface area contributed by atoms with Crippen molar-refractivity contribution in [2.24, 2.45) is 5.92 Å². The van der Waals surface area contributed by atoms with Gasteiger partial charge in [-0.15, -0.1) is 0 Å². The quantitative estimate of drug-likeness (QED) is 0.617. The largest absolute Gasteiger partial charge is 0.480 e. The lowest BCUT2D eigenvalue weighted by molar-refractivity contribution is -0.385. The van der Waals surface area contributed by atoms with Crippen LogP contribution >= 0.6 is 0 Å². The molecule has 0 aliphatic heterocycles. The maximum atomic E-state index is 12.1. The van der Waals surface area contributed by atoms with Gasteiger partial charge < -0.3 is 10.4 Å². The standard InChI is InChI=1S/C14H18N2O5/c1-4-8(2)12(14(18)19)15-13(17)10-5-6-11(16(20)21)9(3)7-10/h5-8,12H,4H2,1-3H3,(H,15,17)(H,18,19). The van der Waals surface area contributed by atoms with Crippen LogP contribution in [0.25, 0.3) is 0 Å². The van der Waals surface area contributed by atoms with E-state index in [1.54, 1.807) is 6.92 Å². The number of nitro benzene ring substituents is 1. The van der Waals surface area contributed by atoms with Gasteiger partial charge >= 0.3 is 5.97 Å². The number of carbonyl (C=O) groups is 2. The topological polar surface area (TPSA) is 110 Å². The Balaban J connectivity index is 2.96. The number of amides is 1. The zero-order valence-corrected chi connectivity index (χ0v) is 12.1. The van der Waals surface area contributed by atoms with Crippen LogP contribution in [-0.2, 0) is 4.79 Å². The van der Waals surface area contributed by atoms with Crippen LogP contribution in [0.1, 0.15) is 36.2 Å². The van der Waals surface area contributed by atoms with Crippen LogP contribution in [0.15, 0.2) is 18.2 Å². The Labute approximate surface area is 122 Å². The van der Waals surface area contributed by atoms with Crippen molar-refractivity contribution >= 4 is 17.6 Å². The third-order valence-electron chi connectivity index (χ3n) is 3.42. The Bertz CT molecular complexity index is 570. The van der Waals surface area contributed by atoms with Crippen LogP contribution in [0.3, 0.4) is 0 Å². The number of carbonyl (C=O) groups excluding carboxylic acids is 1. The van der Waals surface area contributed by atoms with Gasteiger partial charge in [0.25, 0.3) is 11.6 Å². The highest BCUT2D eigenvalue weighted by Gasteiger charge is 2.26. The molecule has 0 aromatic heterocycles. The minimum atomic E-state index is -1.10. The van der Waals surface area contributed by atoms with E-state index in [9.17, 15) is 19.7 Å². The van der Waals surface area contributed by atoms with Gasteiger partial charge in [0.2, 0.25) is 0 Å². The first-order valence-electron chi connectivity index (χ1n) is 6.56. The number of nitro groups is 1. The van der Waals surface area contributed by atoms with Crippen LogP contribution in [0.5, 0.6) is 0 Å². The minimum Gasteiger partial charge on any atom is -0.480 e. The van der Waals surface area contributed by atoms with E-state index in [1.165, 1.54) is 25.1 Å². The van der Waals surface area contributed by atoms with Gasteiger partial charge in [-0.1, -0.05) is 20.3 Å². The van der Waals surface area contributed by atoms with E-state index < -0.39 is 22.8 Å². The molecule has 0 bridgehead atoms. The summed E-state index contributed by atoms with van der Waals surface area (Å²) >= 11 is 0. The van der Waals surface area contributed by atoms with E-state index in [2.05, 4.69) is 5.32 Å². The van der Waals surface area contributed by atoms with Crippen LogP contribution < -0.4 is 5.32 Å². The number of carboxylic acids is 1. The zero-order chi connectivity index (χ0) is 16.2. The Kier molecular flexibility index (Phi) is 5.40. The Morgan fingerprint density at radius 3 is 2.48 bits per heavy atom. The molecular formula is C14H18N2O5. The van der Waals surface area contributed by atoms with Gasteiger partial charge in [0.05, 0.1) is 4.92 Å². The Morgan fingerprint density at radius 1 is 1.43 bits per heavy atom. The fraction of sp³-hybridized carbons (Fsp3) is 0.429. The van der Waals surface area contributed by atoms with Gasteiger partial charge in [0.15, 0.2) is 0 Å². The molecule has 7 nitrogen and oxygen atoms in total. The predicted molar refractivity (Wildman–Crippen MR) is 76.2 cm³/mol. The molecule has 1 amide bonds. The molecule has 1 rings (SSSR count). The number of rotatable bonds is 6. The average molecular weight is 294 g/mol. The summed E-state index contributed by atoms with van der Waals surface area (Å²) in [6.45, 7) is 5.10. The van der Waals surface area contributed by atoms with Gasteiger partial charge in [-0.2, -0.15) is 0 Å². The Morgan fingerprint density at radius 2 is 2.05 bits per heavy atom. The van der Waals surface area contributed by atoms with E-state index in [-0.39, 0.29) is 17.2 Å². The highest BCUT2D eigenvalue weighted by Crippen LogP contribution is 2.19. The SMILES string of the molecule is CCC(C)C(NC(=O)c1ccc([N+](=O)[O-])c(C)c1)C(=O)O. The van der Waals surface area contributed by atoms with Crippen molar-refractivity contribution in [3.05, 3.63) is 39.4 Å². The van der Waals surface area contributed by atoms with Crippen LogP contribution in [-0.4, -0.2) is 27.9 Å². The maximum Gasteiger partial charge on any atom is 0.326 e. The third-order valence-corrected chi connectivity index (χ3v) is 3.42. The Hall–Kier alpha value is -2.44. The number of nitrogens with zero attached hydrogens (tertiary/aromatic N) is 1. The summed E-state index contributed by atoms with van der Waals surface area (Å²) in [4.78, 5) is 33.4. The molecule has 0 saturated carbocycles. The van der Waals surface area contributed by atoms with Crippen molar-refractivity contribution in [1.82, 2.24) is 5.32 Å². The molecule has 0 fully saturated rings. The summed E-state index contributed by atoms with van der Waals surface area (Å²) in [7, 11) is 0. The molecule has 2 atom stereocenters. The fourth-order valence-corrected chi connectivity index (χ4v) is 1.91. The lowest BCUT2D eigenvalue weighted by Crippen LogP contribution is -2.45. The van der Waals surface area contributed by atoms with Crippen molar-refractivity contribution < 1.29 is 19.6 Å². The summed E-state index contributed by atoms with van der Waals surface area (Å²) in [6.07, 6.45) is 0.608. The number of hydrogen-bond acceptors (Lipinski definition) is 4. The lowest BCUT2D eigenvalue weighted by Gasteiger charge is -2.20. The first-order chi connectivity index (χ1) is 9.77. The molecule has 2 unspecified atom stereocenters. The average Bonchev–Trinajstić information content (AvgIpc) is 2.42. The molecule has 114 valence electrons. The van der Waals surface area contributed by atoms with Gasteiger partial charge in [-0.05, 0) is 25.0 Å². The molecule has 0 aliphatic rings. The van der Waals surface area contributed by atoms with Crippen LogP contribution in [0, 0.1) is 23.0 Å². The number of hydrogen-bond donors (Lipinski definition) is 2. The van der Waals surface area contributed by atoms with Gasteiger partial charge in [0.1, 0.15) is 6.04 Å². The fourth-order valence-electron chi connectivity index (χ4n) is 1.91. The van der Waals surface area contributed by atoms with Gasteiger partial charge in [0, 0.05) is 17.2 Å². The van der Waals surface area contributed by atoms with Gasteiger partial charge in [-0.25, -0.2) is 4.79 Å². The molecular weight excluding hydrogens is 276 g/mol. The van der Waals surface area contributed by atoms with E-state index in [0.717, 1.165) is 0 Å². The molecule has 0 radical (unpaired) electrons. The van der Waals surface area contributed by atoms with E-state index in [1.807, 2.05) is 6.92 Å². The molecule has 0 heterocycles. The minimum absolute atomic E-state index is 0.0803. The first-order valence-corrected chi connectivity index (χ1v) is 6.56. The van der Waals surface area contributed by atoms with E-state index >= 15 is 0 Å². The number of aliphatic carboxylic acids is 1. The second kappa shape index (κ2) is 6.83. The second-order valence-electron chi connectivity index (χ2n) is 4.93. The predicted octanol–water partition coefficient (Wildman–Crippen LogP) is 2.13. The summed E-state index contributed by atoms with van der Waals surface area (Å²) in [5, 5.41) is 22.3. The van der Waals surface area contributed by atoms with Crippen LogP contribution in [0.2, 0.25) is 0 Å². The molecule has 1 aromatic carbocycles. The van der Waals surface area contributed by atoms with Gasteiger partial charge in [-0.3, -0.25) is 14.9 Å². The number of nitrogens with one attached hydrogen (secondary N) is 1. The maximum absolute atomic E-state index is 12.1. The number of carboxylic acid groups (broad SMARTS) is 1. The van der Waals surface area contributed by atoms with Crippen molar-refractivity contribution in [3.63, 3.8) is 0 Å². The first kappa shape index (κ1) is 16.6. The normalized spacial score (nSPS) is 13.3. The number of aryl methyl sites for hydroxylation is 1. The van der Waals surface area contributed by atoms with Crippen LogP contribution in [0.4, 0.5) is 5.69 Å². The van der Waals surface area contributed by atoms with Crippen molar-refractivity contribution in [2.45, 2.75) is 33.2 Å². The molecule has 0 aliphatic carbocycles. The smallest absolute Gasteiger partial charge is 0.326 e. The summed E-state index contributed by atoms with van der Waals surface area (Å²) in [6, 6.07) is 2.94. The van der Waals surface area contributed by atoms with Crippen molar-refractivity contribution in [1.29, 1.82) is 0 Å². The molecule has 21 heavy (non-hydrogen) atoms. The molecule has 0 spiro atoms. The molecule has 0 saturated heterocycles. The summed E-state index contributed by atoms with van der Waals surface area (Å²) in [5.41, 5.74) is 0.471. The summed E-state index contributed by atoms with van der Waals surface area (Å²) < 4.78 is 0. The number of benzene rings is 1. The summed E-state index contributed by atoms with van der Waals surface area (Å²) in [5.74, 6) is -1.87. The van der Waals surface area contributed by atoms with Crippen molar-refractivity contribution in [3.8, 4) is 0 Å². The zero-order valence-electron chi connectivity index (χ0n) is 12.1. The van der Waals surface area contributed by atoms with E-state index in [4.69, 9.17) is 5.11 Å². The second-order valence-corrected chi connectivity index (χ2v) is 4.93. The highest BCUT2D eigenvalue weighted by molar-refractivity contribution is 5.97. The lowest BCUT2D eigenvalue weighted by atomic mass is 9.98. The third kappa shape index (κ3) is 4.01. The molecule has 2 N–H and O–H groups in total. The monoisotopic (exact) mass is 294 g/mol. The molecule has 7 heteroatoms. The van der Waals surface area contributed by atoms with Crippen molar-refractivity contribution in [2.75, 3.05) is 0 Å². The molecule has 1 aromatic rings. The highest BCUT2D eigenvalue weighted by atomic mass is 16.6.